The fourth-order valence-electron chi connectivity index (χ4n) is 3.41. The normalized spacial score (nSPS) is 10.7. The quantitative estimate of drug-likeness (QED) is 0.363. The van der Waals surface area contributed by atoms with Gasteiger partial charge in [-0.1, -0.05) is 18.2 Å². The van der Waals surface area contributed by atoms with Crippen molar-refractivity contribution in [2.45, 2.75) is 6.92 Å². The first-order chi connectivity index (χ1) is 15.7. The van der Waals surface area contributed by atoms with E-state index in [0.29, 0.717) is 22.4 Å². The predicted octanol–water partition coefficient (Wildman–Crippen LogP) is 3.76. The molecule has 0 fully saturated rings. The van der Waals surface area contributed by atoms with Crippen LogP contribution in [0.4, 0.5) is 17.1 Å². The number of hydrogen-bond acceptors (Lipinski definition) is 7. The van der Waals surface area contributed by atoms with Crippen LogP contribution < -0.4 is 10.9 Å². The van der Waals surface area contributed by atoms with Crippen LogP contribution in [0.15, 0.2) is 71.5 Å². The molecule has 0 spiro atoms. The van der Waals surface area contributed by atoms with E-state index in [9.17, 15) is 29.8 Å². The van der Waals surface area contributed by atoms with Crippen molar-refractivity contribution in [3.05, 3.63) is 109 Å². The molecule has 1 amide bonds. The maximum atomic E-state index is 13.0. The molecule has 0 aliphatic heterocycles. The molecular weight excluding hydrogens is 430 g/mol. The first kappa shape index (κ1) is 21.3. The van der Waals surface area contributed by atoms with Gasteiger partial charge in [0, 0.05) is 17.8 Å². The van der Waals surface area contributed by atoms with Gasteiger partial charge in [-0.2, -0.15) is 0 Å². The van der Waals surface area contributed by atoms with Gasteiger partial charge in [0.25, 0.3) is 22.8 Å². The zero-order chi connectivity index (χ0) is 23.7. The lowest BCUT2D eigenvalue weighted by atomic mass is 10.1. The van der Waals surface area contributed by atoms with Crippen LogP contribution in [0.25, 0.3) is 16.6 Å². The number of anilines is 1. The molecular formula is C22H15N5O6. The molecule has 1 N–H and O–H groups in total. The van der Waals surface area contributed by atoms with Gasteiger partial charge < -0.3 is 5.32 Å². The van der Waals surface area contributed by atoms with Crippen molar-refractivity contribution in [1.29, 1.82) is 0 Å². The number of non-ortho nitro benzene ring substituents is 2. The summed E-state index contributed by atoms with van der Waals surface area (Å²) >= 11 is 0. The monoisotopic (exact) mass is 445 g/mol. The number of amides is 1. The minimum atomic E-state index is -0.813. The van der Waals surface area contributed by atoms with Gasteiger partial charge in [0.2, 0.25) is 0 Å². The molecule has 0 aliphatic rings. The van der Waals surface area contributed by atoms with Gasteiger partial charge >= 0.3 is 0 Å². The number of para-hydroxylation sites is 1. The molecule has 1 aromatic heterocycles. The third-order valence-electron chi connectivity index (χ3n) is 4.89. The second kappa shape index (κ2) is 8.30. The topological polar surface area (TPSA) is 150 Å². The summed E-state index contributed by atoms with van der Waals surface area (Å²) in [5.41, 5.74) is -0.393. The highest BCUT2D eigenvalue weighted by Crippen LogP contribution is 2.24. The lowest BCUT2D eigenvalue weighted by Gasteiger charge is -2.12. The average Bonchev–Trinajstić information content (AvgIpc) is 2.79. The van der Waals surface area contributed by atoms with Gasteiger partial charge in [-0.3, -0.25) is 34.4 Å². The smallest absolute Gasteiger partial charge is 0.277 e. The molecule has 0 bridgehead atoms. The molecule has 0 aliphatic carbocycles. The molecule has 0 radical (unpaired) electrons. The standard InChI is InChI=1S/C22H15N5O6/c1-13-23-20-8-3-2-7-19(20)22(29)25(13)16-6-4-5-15(11-16)24-21(28)14-9-17(26(30)31)12-18(10-14)27(32)33/h2-12H,1H3,(H,24,28). The fourth-order valence-corrected chi connectivity index (χ4v) is 3.41. The van der Waals surface area contributed by atoms with Gasteiger partial charge in [-0.15, -0.1) is 0 Å². The number of benzene rings is 3. The van der Waals surface area contributed by atoms with Gasteiger partial charge in [-0.25, -0.2) is 4.98 Å². The number of fused-ring (bicyclic) bond motifs is 1. The number of nitrogens with one attached hydrogen (secondary N) is 1. The lowest BCUT2D eigenvalue weighted by Crippen LogP contribution is -2.22. The number of carbonyl (C=O) groups excluding carboxylic acids is 1. The summed E-state index contributed by atoms with van der Waals surface area (Å²) in [6.07, 6.45) is 0. The Morgan fingerprint density at radius 3 is 2.27 bits per heavy atom. The number of hydrogen-bond donors (Lipinski definition) is 1. The zero-order valence-corrected chi connectivity index (χ0v) is 17.1. The van der Waals surface area contributed by atoms with Crippen molar-refractivity contribution in [3.8, 4) is 5.69 Å². The Morgan fingerprint density at radius 2 is 1.61 bits per heavy atom. The van der Waals surface area contributed by atoms with Gasteiger partial charge in [0.05, 0.1) is 38.1 Å². The first-order valence-electron chi connectivity index (χ1n) is 9.58. The molecule has 3 aromatic carbocycles. The Labute approximate surface area is 185 Å². The summed E-state index contributed by atoms with van der Waals surface area (Å²) < 4.78 is 1.40. The molecule has 0 unspecified atom stereocenters. The predicted molar refractivity (Wildman–Crippen MR) is 120 cm³/mol. The van der Waals surface area contributed by atoms with Crippen molar-refractivity contribution >= 4 is 33.9 Å². The summed E-state index contributed by atoms with van der Waals surface area (Å²) in [5.74, 6) is -0.337. The molecule has 11 nitrogen and oxygen atoms in total. The van der Waals surface area contributed by atoms with Crippen molar-refractivity contribution < 1.29 is 14.6 Å². The highest BCUT2D eigenvalue weighted by Gasteiger charge is 2.20. The van der Waals surface area contributed by atoms with Crippen LogP contribution in [0.5, 0.6) is 0 Å². The summed E-state index contributed by atoms with van der Waals surface area (Å²) in [7, 11) is 0. The largest absolute Gasteiger partial charge is 0.322 e. The lowest BCUT2D eigenvalue weighted by molar-refractivity contribution is -0.394. The van der Waals surface area contributed by atoms with Crippen LogP contribution in [-0.4, -0.2) is 25.3 Å². The third-order valence-corrected chi connectivity index (χ3v) is 4.89. The van der Waals surface area contributed by atoms with Gasteiger partial charge in [0.1, 0.15) is 5.82 Å². The van der Waals surface area contributed by atoms with Crippen molar-refractivity contribution in [3.63, 3.8) is 0 Å². The molecule has 4 aromatic rings. The number of nitrogens with zero attached hydrogens (tertiary/aromatic N) is 4. The Kier molecular flexibility index (Phi) is 5.36. The van der Waals surface area contributed by atoms with Crippen molar-refractivity contribution in [2.75, 3.05) is 5.32 Å². The van der Waals surface area contributed by atoms with E-state index in [-0.39, 0.29) is 16.8 Å². The maximum absolute atomic E-state index is 13.0. The molecule has 0 atom stereocenters. The van der Waals surface area contributed by atoms with Crippen LogP contribution in [0, 0.1) is 27.2 Å². The van der Waals surface area contributed by atoms with Crippen molar-refractivity contribution in [1.82, 2.24) is 9.55 Å². The number of aryl methyl sites for hydroxylation is 1. The summed E-state index contributed by atoms with van der Waals surface area (Å²) in [5, 5.41) is 25.1. The summed E-state index contributed by atoms with van der Waals surface area (Å²) in [6, 6.07) is 16.0. The molecule has 1 heterocycles. The Morgan fingerprint density at radius 1 is 0.939 bits per heavy atom. The number of carbonyl (C=O) groups is 1. The number of nitro groups is 2. The van der Waals surface area contributed by atoms with E-state index in [1.165, 1.54) is 10.6 Å². The average molecular weight is 445 g/mol. The van der Waals surface area contributed by atoms with Crippen LogP contribution in [0.2, 0.25) is 0 Å². The van der Waals surface area contributed by atoms with Gasteiger partial charge in [0.15, 0.2) is 0 Å². The number of rotatable bonds is 5. The molecule has 164 valence electrons. The SMILES string of the molecule is Cc1nc2ccccc2c(=O)n1-c1cccc(NC(=O)c2cc([N+](=O)[O-])cc([N+](=O)[O-])c2)c1. The third kappa shape index (κ3) is 4.14. The minimum absolute atomic E-state index is 0.248. The Hall–Kier alpha value is -4.93. The van der Waals surface area contributed by atoms with Crippen molar-refractivity contribution in [2.24, 2.45) is 0 Å². The summed E-state index contributed by atoms with van der Waals surface area (Å²) in [4.78, 5) is 50.7. The minimum Gasteiger partial charge on any atom is -0.322 e. The van der Waals surface area contributed by atoms with Crippen LogP contribution >= 0.6 is 0 Å². The van der Waals surface area contributed by atoms with Crippen LogP contribution in [-0.2, 0) is 0 Å². The van der Waals surface area contributed by atoms with Crippen LogP contribution in [0.3, 0.4) is 0 Å². The second-order valence-corrected chi connectivity index (χ2v) is 7.07. The van der Waals surface area contributed by atoms with E-state index >= 15 is 0 Å². The molecule has 4 rings (SSSR count). The molecule has 11 heteroatoms. The molecule has 0 saturated carbocycles. The van der Waals surface area contributed by atoms with E-state index in [1.807, 2.05) is 0 Å². The highest BCUT2D eigenvalue weighted by molar-refractivity contribution is 6.05. The summed E-state index contributed by atoms with van der Waals surface area (Å²) in [6.45, 7) is 1.68. The molecule has 33 heavy (non-hydrogen) atoms. The van der Waals surface area contributed by atoms with E-state index in [0.717, 1.165) is 18.2 Å². The van der Waals surface area contributed by atoms with Crippen LogP contribution in [0.1, 0.15) is 16.2 Å². The first-order valence-corrected chi connectivity index (χ1v) is 9.58. The Bertz CT molecular complexity index is 1480. The van der Waals surface area contributed by atoms with E-state index in [2.05, 4.69) is 10.3 Å². The zero-order valence-electron chi connectivity index (χ0n) is 17.1. The molecule has 0 saturated heterocycles. The Balaban J connectivity index is 1.71. The van der Waals surface area contributed by atoms with E-state index < -0.39 is 27.1 Å². The van der Waals surface area contributed by atoms with E-state index in [1.54, 1.807) is 49.4 Å². The number of aromatic nitrogens is 2. The highest BCUT2D eigenvalue weighted by atomic mass is 16.6. The van der Waals surface area contributed by atoms with Gasteiger partial charge in [-0.05, 0) is 37.3 Å². The second-order valence-electron chi connectivity index (χ2n) is 7.07. The maximum Gasteiger partial charge on any atom is 0.277 e. The van der Waals surface area contributed by atoms with E-state index in [4.69, 9.17) is 0 Å². The fraction of sp³-hybridized carbons (Fsp3) is 0.0455. The number of nitro benzene ring substituents is 2.